The molecule has 0 atom stereocenters. The number of carbonyl (C=O) groups excluding carboxylic acids is 1. The van der Waals surface area contributed by atoms with Crippen molar-refractivity contribution in [2.45, 2.75) is 25.0 Å². The fourth-order valence-electron chi connectivity index (χ4n) is 3.45. The Kier molecular flexibility index (Phi) is 3.60. The molecule has 0 unspecified atom stereocenters. The monoisotopic (exact) mass is 317 g/mol. The van der Waals surface area contributed by atoms with Gasteiger partial charge in [-0.3, -0.25) is 9.69 Å². The summed E-state index contributed by atoms with van der Waals surface area (Å²) in [6, 6.07) is 6.28. The van der Waals surface area contributed by atoms with Gasteiger partial charge in [0, 0.05) is 32.2 Å². The molecule has 5 nitrogen and oxygen atoms in total. The van der Waals surface area contributed by atoms with E-state index in [0.717, 1.165) is 54.8 Å². The van der Waals surface area contributed by atoms with Crippen LogP contribution in [0.15, 0.2) is 23.7 Å². The van der Waals surface area contributed by atoms with Gasteiger partial charge in [0.05, 0.1) is 27.4 Å². The molecule has 0 radical (unpaired) electrons. The quantitative estimate of drug-likeness (QED) is 0.914. The number of likely N-dealkylation sites (tertiary alicyclic amines) is 2. The van der Waals surface area contributed by atoms with Crippen LogP contribution in [0.25, 0.3) is 10.2 Å². The van der Waals surface area contributed by atoms with Crippen molar-refractivity contribution < 1.29 is 9.90 Å². The number of thiazole rings is 1. The number of β-amino-alcohol motifs (C(OH)–C–C–N with tert-alkyl or cyclic N) is 1. The van der Waals surface area contributed by atoms with E-state index in [1.165, 1.54) is 11.3 Å². The molecule has 1 aromatic heterocycles. The Morgan fingerprint density at radius 2 is 2.05 bits per heavy atom. The lowest BCUT2D eigenvalue weighted by Crippen LogP contribution is -2.58. The normalized spacial score (nSPS) is 21.2. The lowest BCUT2D eigenvalue weighted by Gasteiger charge is -2.45. The number of piperidine rings is 1. The summed E-state index contributed by atoms with van der Waals surface area (Å²) in [6.45, 7) is 3.17. The molecule has 6 heteroatoms. The van der Waals surface area contributed by atoms with Crippen LogP contribution in [0, 0.1) is 0 Å². The first-order chi connectivity index (χ1) is 10.7. The van der Waals surface area contributed by atoms with Crippen LogP contribution in [-0.4, -0.2) is 64.1 Å². The Hall–Kier alpha value is -1.50. The van der Waals surface area contributed by atoms with Gasteiger partial charge in [0.15, 0.2) is 0 Å². The highest BCUT2D eigenvalue weighted by molar-refractivity contribution is 7.17. The number of fused-ring (bicyclic) bond motifs is 1. The van der Waals surface area contributed by atoms with Crippen molar-refractivity contribution in [3.05, 3.63) is 29.3 Å². The molecule has 1 aromatic carbocycles. The number of carbonyl (C=O) groups is 1. The number of nitrogens with zero attached hydrogens (tertiary/aromatic N) is 3. The van der Waals surface area contributed by atoms with Crippen molar-refractivity contribution in [3.8, 4) is 0 Å². The van der Waals surface area contributed by atoms with Crippen LogP contribution < -0.4 is 0 Å². The summed E-state index contributed by atoms with van der Waals surface area (Å²) in [5, 5.41) is 9.41. The van der Waals surface area contributed by atoms with Gasteiger partial charge in [0.1, 0.15) is 0 Å². The molecule has 0 aliphatic carbocycles. The highest BCUT2D eigenvalue weighted by atomic mass is 32.1. The first-order valence-corrected chi connectivity index (χ1v) is 8.64. The number of hydrogen-bond acceptors (Lipinski definition) is 5. The van der Waals surface area contributed by atoms with E-state index in [4.69, 9.17) is 0 Å². The molecule has 0 saturated carbocycles. The van der Waals surface area contributed by atoms with Crippen LogP contribution >= 0.6 is 11.3 Å². The number of benzene rings is 1. The van der Waals surface area contributed by atoms with Gasteiger partial charge >= 0.3 is 0 Å². The summed E-state index contributed by atoms with van der Waals surface area (Å²) in [7, 11) is 0. The molecule has 2 aliphatic heterocycles. The number of aliphatic hydroxyl groups excluding tert-OH is 1. The van der Waals surface area contributed by atoms with Crippen LogP contribution in [-0.2, 0) is 0 Å². The first-order valence-electron chi connectivity index (χ1n) is 7.76. The third-order valence-electron chi connectivity index (χ3n) is 4.75. The summed E-state index contributed by atoms with van der Waals surface area (Å²) in [5.74, 6) is 0.122. The van der Waals surface area contributed by atoms with Crippen molar-refractivity contribution in [1.29, 1.82) is 0 Å². The van der Waals surface area contributed by atoms with Crippen molar-refractivity contribution in [2.75, 3.05) is 26.2 Å². The number of hydrogen-bond donors (Lipinski definition) is 1. The van der Waals surface area contributed by atoms with Gasteiger partial charge in [0.25, 0.3) is 5.91 Å². The maximum Gasteiger partial charge on any atom is 0.255 e. The van der Waals surface area contributed by atoms with E-state index in [2.05, 4.69) is 9.88 Å². The maximum absolute atomic E-state index is 12.8. The molecule has 22 heavy (non-hydrogen) atoms. The van der Waals surface area contributed by atoms with Gasteiger partial charge in [-0.2, -0.15) is 0 Å². The molecule has 2 aliphatic rings. The summed E-state index contributed by atoms with van der Waals surface area (Å²) in [6.07, 6.45) is 1.84. The third-order valence-corrected chi connectivity index (χ3v) is 5.62. The highest BCUT2D eigenvalue weighted by Crippen LogP contribution is 2.26. The predicted octanol–water partition coefficient (Wildman–Crippen LogP) is 1.58. The Balaban J connectivity index is 1.45. The van der Waals surface area contributed by atoms with Crippen LogP contribution in [0.1, 0.15) is 23.2 Å². The van der Waals surface area contributed by atoms with Gasteiger partial charge in [0.2, 0.25) is 0 Å². The zero-order chi connectivity index (χ0) is 15.1. The second kappa shape index (κ2) is 5.61. The predicted molar refractivity (Wildman–Crippen MR) is 86.1 cm³/mol. The molecule has 1 N–H and O–H groups in total. The van der Waals surface area contributed by atoms with Gasteiger partial charge in [-0.05, 0) is 25.0 Å². The molecule has 2 saturated heterocycles. The standard InChI is InChI=1S/C16H19N3O2S/c20-12-8-19(9-12)11-4-6-18(7-5-11)16(21)13-2-1-3-14-15(13)22-10-17-14/h1-3,10-12,20H,4-9H2. The van der Waals surface area contributed by atoms with Crippen molar-refractivity contribution in [2.24, 2.45) is 0 Å². The smallest absolute Gasteiger partial charge is 0.255 e. The summed E-state index contributed by atoms with van der Waals surface area (Å²) >= 11 is 1.53. The number of rotatable bonds is 2. The highest BCUT2D eigenvalue weighted by Gasteiger charge is 2.34. The first kappa shape index (κ1) is 14.1. The molecule has 2 fully saturated rings. The number of amides is 1. The van der Waals surface area contributed by atoms with E-state index in [1.807, 2.05) is 23.1 Å². The Morgan fingerprint density at radius 1 is 1.27 bits per heavy atom. The van der Waals surface area contributed by atoms with E-state index in [-0.39, 0.29) is 12.0 Å². The molecule has 116 valence electrons. The summed E-state index contributed by atoms with van der Waals surface area (Å²) in [4.78, 5) is 21.3. The van der Waals surface area contributed by atoms with Crippen molar-refractivity contribution in [1.82, 2.24) is 14.8 Å². The van der Waals surface area contributed by atoms with Crippen LogP contribution in [0.4, 0.5) is 0 Å². The van der Waals surface area contributed by atoms with E-state index < -0.39 is 0 Å². The van der Waals surface area contributed by atoms with Crippen molar-refractivity contribution in [3.63, 3.8) is 0 Å². The fourth-order valence-corrected chi connectivity index (χ4v) is 4.24. The molecule has 1 amide bonds. The van der Waals surface area contributed by atoms with Crippen molar-refractivity contribution >= 4 is 27.5 Å². The summed E-state index contributed by atoms with van der Waals surface area (Å²) in [5.41, 5.74) is 3.47. The maximum atomic E-state index is 12.8. The molecule has 3 heterocycles. The van der Waals surface area contributed by atoms with Crippen LogP contribution in [0.2, 0.25) is 0 Å². The molecular weight excluding hydrogens is 298 g/mol. The molecule has 0 spiro atoms. The summed E-state index contributed by atoms with van der Waals surface area (Å²) < 4.78 is 0.987. The third kappa shape index (κ3) is 2.41. The zero-order valence-corrected chi connectivity index (χ0v) is 13.1. The van der Waals surface area contributed by atoms with Gasteiger partial charge < -0.3 is 10.0 Å². The molecule has 4 rings (SSSR count). The zero-order valence-electron chi connectivity index (χ0n) is 12.3. The van der Waals surface area contributed by atoms with Gasteiger partial charge in [-0.1, -0.05) is 6.07 Å². The topological polar surface area (TPSA) is 56.7 Å². The Labute approximate surface area is 133 Å². The van der Waals surface area contributed by atoms with Crippen LogP contribution in [0.5, 0.6) is 0 Å². The minimum atomic E-state index is -0.149. The molecule has 0 bridgehead atoms. The number of aliphatic hydroxyl groups is 1. The van der Waals surface area contributed by atoms with Gasteiger partial charge in [-0.15, -0.1) is 11.3 Å². The van der Waals surface area contributed by atoms with E-state index in [9.17, 15) is 9.90 Å². The van der Waals surface area contributed by atoms with Crippen LogP contribution in [0.3, 0.4) is 0 Å². The largest absolute Gasteiger partial charge is 0.390 e. The fraction of sp³-hybridized carbons (Fsp3) is 0.500. The van der Waals surface area contributed by atoms with E-state index >= 15 is 0 Å². The lowest BCUT2D eigenvalue weighted by molar-refractivity contribution is -0.0381. The average molecular weight is 317 g/mol. The molecule has 2 aromatic rings. The van der Waals surface area contributed by atoms with E-state index in [0.29, 0.717) is 6.04 Å². The lowest BCUT2D eigenvalue weighted by atomic mass is 9.98. The molecular formula is C16H19N3O2S. The minimum absolute atomic E-state index is 0.122. The Bertz CT molecular complexity index is 688. The second-order valence-corrected chi connectivity index (χ2v) is 6.99. The van der Waals surface area contributed by atoms with Gasteiger partial charge in [-0.25, -0.2) is 4.98 Å². The number of aromatic nitrogens is 1. The SMILES string of the molecule is O=C(c1cccc2ncsc12)N1CCC(N2CC(O)C2)CC1. The Morgan fingerprint density at radius 3 is 2.77 bits per heavy atom. The average Bonchev–Trinajstić information content (AvgIpc) is 3.00. The second-order valence-electron chi connectivity index (χ2n) is 6.14. The minimum Gasteiger partial charge on any atom is -0.390 e. The van der Waals surface area contributed by atoms with E-state index in [1.54, 1.807) is 5.51 Å².